The van der Waals surface area contributed by atoms with Crippen molar-refractivity contribution in [3.63, 3.8) is 0 Å². The number of esters is 1. The van der Waals surface area contributed by atoms with E-state index in [0.29, 0.717) is 18.0 Å². The van der Waals surface area contributed by atoms with E-state index in [2.05, 4.69) is 5.32 Å². The fourth-order valence-electron chi connectivity index (χ4n) is 2.24. The molecule has 0 aromatic heterocycles. The van der Waals surface area contributed by atoms with Crippen LogP contribution in [0.1, 0.15) is 18.1 Å². The quantitative estimate of drug-likeness (QED) is 0.735. The Morgan fingerprint density at radius 2 is 1.81 bits per heavy atom. The first kappa shape index (κ1) is 19.3. The standard InChI is InChI=1S/C20H23NO5/c1-14-9-10-17(18(11-14)24-3)25-13-19(22)26-15(2)20(23)21-12-16-7-5-4-6-8-16/h4-11,15H,12-13H2,1-3H3,(H,21,23). The molecule has 2 aromatic rings. The van der Waals surface area contributed by atoms with Gasteiger partial charge in [-0.2, -0.15) is 0 Å². The Morgan fingerprint density at radius 3 is 2.50 bits per heavy atom. The lowest BCUT2D eigenvalue weighted by Crippen LogP contribution is -2.36. The third kappa shape index (κ3) is 5.81. The largest absolute Gasteiger partial charge is 0.493 e. The molecule has 0 spiro atoms. The van der Waals surface area contributed by atoms with Gasteiger partial charge in [-0.3, -0.25) is 4.79 Å². The van der Waals surface area contributed by atoms with Crippen molar-refractivity contribution in [2.45, 2.75) is 26.5 Å². The highest BCUT2D eigenvalue weighted by molar-refractivity contribution is 5.83. The molecule has 1 amide bonds. The summed E-state index contributed by atoms with van der Waals surface area (Å²) in [5.41, 5.74) is 1.98. The molecule has 2 aromatic carbocycles. The van der Waals surface area contributed by atoms with Gasteiger partial charge in [0.05, 0.1) is 7.11 Å². The maximum Gasteiger partial charge on any atom is 0.344 e. The number of amides is 1. The third-order valence-corrected chi connectivity index (χ3v) is 3.65. The topological polar surface area (TPSA) is 73.9 Å². The van der Waals surface area contributed by atoms with Gasteiger partial charge < -0.3 is 19.5 Å². The van der Waals surface area contributed by atoms with Gasteiger partial charge in [0.15, 0.2) is 24.2 Å². The van der Waals surface area contributed by atoms with E-state index >= 15 is 0 Å². The van der Waals surface area contributed by atoms with Crippen molar-refractivity contribution in [1.29, 1.82) is 0 Å². The molecule has 0 aliphatic carbocycles. The van der Waals surface area contributed by atoms with E-state index in [0.717, 1.165) is 11.1 Å². The number of hydrogen-bond acceptors (Lipinski definition) is 5. The number of methoxy groups -OCH3 is 1. The number of ether oxygens (including phenoxy) is 3. The van der Waals surface area contributed by atoms with Gasteiger partial charge in [-0.15, -0.1) is 0 Å². The predicted octanol–water partition coefficient (Wildman–Crippen LogP) is 2.63. The lowest BCUT2D eigenvalue weighted by molar-refractivity contribution is -0.156. The Morgan fingerprint density at radius 1 is 1.08 bits per heavy atom. The van der Waals surface area contributed by atoms with Crippen molar-refractivity contribution in [1.82, 2.24) is 5.32 Å². The molecule has 1 atom stereocenters. The van der Waals surface area contributed by atoms with Gasteiger partial charge in [-0.05, 0) is 37.1 Å². The van der Waals surface area contributed by atoms with Crippen molar-refractivity contribution in [2.24, 2.45) is 0 Å². The van der Waals surface area contributed by atoms with Crippen LogP contribution in [0.3, 0.4) is 0 Å². The molecule has 0 bridgehead atoms. The predicted molar refractivity (Wildman–Crippen MR) is 97.1 cm³/mol. The summed E-state index contributed by atoms with van der Waals surface area (Å²) in [5.74, 6) is -0.0206. The van der Waals surface area contributed by atoms with Crippen LogP contribution in [0.5, 0.6) is 11.5 Å². The molecule has 0 saturated carbocycles. The number of benzene rings is 2. The van der Waals surface area contributed by atoms with E-state index in [1.807, 2.05) is 43.3 Å². The summed E-state index contributed by atoms with van der Waals surface area (Å²) < 4.78 is 15.7. The summed E-state index contributed by atoms with van der Waals surface area (Å²) in [7, 11) is 1.53. The van der Waals surface area contributed by atoms with Gasteiger partial charge in [0.25, 0.3) is 5.91 Å². The number of rotatable bonds is 8. The van der Waals surface area contributed by atoms with Crippen molar-refractivity contribution in [3.8, 4) is 11.5 Å². The van der Waals surface area contributed by atoms with E-state index in [-0.39, 0.29) is 12.5 Å². The highest BCUT2D eigenvalue weighted by Gasteiger charge is 2.18. The molecule has 0 aliphatic heterocycles. The minimum atomic E-state index is -0.908. The average Bonchev–Trinajstić information content (AvgIpc) is 2.65. The summed E-state index contributed by atoms with van der Waals surface area (Å²) in [6.45, 7) is 3.51. The minimum Gasteiger partial charge on any atom is -0.493 e. The van der Waals surface area contributed by atoms with E-state index in [1.54, 1.807) is 12.1 Å². The minimum absolute atomic E-state index is 0.310. The van der Waals surface area contributed by atoms with Crippen LogP contribution < -0.4 is 14.8 Å². The van der Waals surface area contributed by atoms with Gasteiger partial charge in [0.1, 0.15) is 0 Å². The van der Waals surface area contributed by atoms with Crippen LogP contribution in [-0.2, 0) is 20.9 Å². The maximum atomic E-state index is 12.0. The Kier molecular flexibility index (Phi) is 7.02. The molecule has 0 fully saturated rings. The molecule has 6 nitrogen and oxygen atoms in total. The fraction of sp³-hybridized carbons (Fsp3) is 0.300. The number of aryl methyl sites for hydroxylation is 1. The number of carbonyl (C=O) groups excluding carboxylic acids is 2. The monoisotopic (exact) mass is 357 g/mol. The Bertz CT molecular complexity index is 745. The van der Waals surface area contributed by atoms with Crippen LogP contribution in [0.2, 0.25) is 0 Å². The van der Waals surface area contributed by atoms with Crippen LogP contribution in [0.25, 0.3) is 0 Å². The molecule has 2 rings (SSSR count). The van der Waals surface area contributed by atoms with Gasteiger partial charge in [0.2, 0.25) is 0 Å². The van der Waals surface area contributed by atoms with Crippen LogP contribution in [0.15, 0.2) is 48.5 Å². The normalized spacial score (nSPS) is 11.3. The van der Waals surface area contributed by atoms with Gasteiger partial charge >= 0.3 is 5.97 Å². The van der Waals surface area contributed by atoms with Crippen molar-refractivity contribution in [3.05, 3.63) is 59.7 Å². The first-order chi connectivity index (χ1) is 12.5. The molecule has 138 valence electrons. The van der Waals surface area contributed by atoms with E-state index in [1.165, 1.54) is 14.0 Å². The average molecular weight is 357 g/mol. The first-order valence-corrected chi connectivity index (χ1v) is 8.28. The van der Waals surface area contributed by atoms with Crippen molar-refractivity contribution in [2.75, 3.05) is 13.7 Å². The van der Waals surface area contributed by atoms with Gasteiger partial charge in [0, 0.05) is 6.54 Å². The zero-order chi connectivity index (χ0) is 18.9. The summed E-state index contributed by atoms with van der Waals surface area (Å²) in [4.78, 5) is 23.9. The number of hydrogen-bond donors (Lipinski definition) is 1. The lowest BCUT2D eigenvalue weighted by atomic mass is 10.2. The molecular formula is C20H23NO5. The molecule has 0 saturated heterocycles. The lowest BCUT2D eigenvalue weighted by Gasteiger charge is -2.15. The SMILES string of the molecule is COc1cc(C)ccc1OCC(=O)OC(C)C(=O)NCc1ccccc1. The zero-order valence-corrected chi connectivity index (χ0v) is 15.2. The van der Waals surface area contributed by atoms with E-state index in [4.69, 9.17) is 14.2 Å². The van der Waals surface area contributed by atoms with Gasteiger partial charge in [-0.25, -0.2) is 4.79 Å². The van der Waals surface area contributed by atoms with Crippen molar-refractivity contribution < 1.29 is 23.8 Å². The maximum absolute atomic E-state index is 12.0. The fourth-order valence-corrected chi connectivity index (χ4v) is 2.24. The van der Waals surface area contributed by atoms with Crippen LogP contribution in [0.4, 0.5) is 0 Å². The Balaban J connectivity index is 1.78. The highest BCUT2D eigenvalue weighted by Crippen LogP contribution is 2.27. The first-order valence-electron chi connectivity index (χ1n) is 8.28. The zero-order valence-electron chi connectivity index (χ0n) is 15.2. The summed E-state index contributed by atoms with van der Waals surface area (Å²) in [6.07, 6.45) is -0.908. The molecular weight excluding hydrogens is 334 g/mol. The van der Waals surface area contributed by atoms with Crippen LogP contribution in [0, 0.1) is 6.92 Å². The molecule has 1 unspecified atom stereocenters. The van der Waals surface area contributed by atoms with Crippen molar-refractivity contribution >= 4 is 11.9 Å². The third-order valence-electron chi connectivity index (χ3n) is 3.65. The van der Waals surface area contributed by atoms with E-state index < -0.39 is 12.1 Å². The van der Waals surface area contributed by atoms with Crippen LogP contribution >= 0.6 is 0 Å². The molecule has 26 heavy (non-hydrogen) atoms. The molecule has 6 heteroatoms. The second-order valence-electron chi connectivity index (χ2n) is 5.78. The second-order valence-corrected chi connectivity index (χ2v) is 5.78. The summed E-state index contributed by atoms with van der Waals surface area (Å²) in [6, 6.07) is 14.9. The molecule has 1 N–H and O–H groups in total. The van der Waals surface area contributed by atoms with E-state index in [9.17, 15) is 9.59 Å². The molecule has 0 aliphatic rings. The Hall–Kier alpha value is -3.02. The number of carbonyl (C=O) groups is 2. The van der Waals surface area contributed by atoms with Gasteiger partial charge in [-0.1, -0.05) is 36.4 Å². The highest BCUT2D eigenvalue weighted by atomic mass is 16.6. The number of nitrogens with one attached hydrogen (secondary N) is 1. The molecule has 0 radical (unpaired) electrons. The smallest absolute Gasteiger partial charge is 0.344 e. The van der Waals surface area contributed by atoms with Crippen LogP contribution in [-0.4, -0.2) is 31.7 Å². The second kappa shape index (κ2) is 9.46. The summed E-state index contributed by atoms with van der Waals surface area (Å²) >= 11 is 0. The Labute approximate surface area is 153 Å². The summed E-state index contributed by atoms with van der Waals surface area (Å²) in [5, 5.41) is 2.73. The molecule has 0 heterocycles.